The van der Waals surface area contributed by atoms with Crippen molar-refractivity contribution >= 4 is 11.8 Å². The van der Waals surface area contributed by atoms with Crippen molar-refractivity contribution in [2.45, 2.75) is 65.8 Å². The van der Waals surface area contributed by atoms with Crippen LogP contribution in [0.3, 0.4) is 0 Å². The fraction of sp³-hybridized carbons (Fsp3) is 0.867. The number of hydrogen-bond donors (Lipinski definition) is 1. The first-order chi connectivity index (χ1) is 8.86. The van der Waals surface area contributed by atoms with Crippen LogP contribution in [0, 0.1) is 5.41 Å². The zero-order valence-corrected chi connectivity index (χ0v) is 12.8. The smallest absolute Gasteiger partial charge is 0.229 e. The Kier molecular flexibility index (Phi) is 5.98. The van der Waals surface area contributed by atoms with E-state index in [1.165, 1.54) is 4.90 Å². The van der Waals surface area contributed by atoms with Gasteiger partial charge >= 0.3 is 0 Å². The van der Waals surface area contributed by atoms with Gasteiger partial charge in [0.15, 0.2) is 0 Å². The van der Waals surface area contributed by atoms with Crippen molar-refractivity contribution in [3.05, 3.63) is 0 Å². The molecule has 0 aromatic carbocycles. The van der Waals surface area contributed by atoms with E-state index >= 15 is 0 Å². The lowest BCUT2D eigenvalue weighted by Crippen LogP contribution is -2.51. The molecule has 1 fully saturated rings. The van der Waals surface area contributed by atoms with E-state index in [0.717, 1.165) is 25.8 Å². The van der Waals surface area contributed by atoms with Gasteiger partial charge in [-0.15, -0.1) is 0 Å². The van der Waals surface area contributed by atoms with Gasteiger partial charge in [0.2, 0.25) is 11.8 Å². The minimum absolute atomic E-state index is 0.00458. The highest BCUT2D eigenvalue weighted by Gasteiger charge is 2.31. The molecule has 0 spiro atoms. The number of rotatable bonds is 5. The summed E-state index contributed by atoms with van der Waals surface area (Å²) in [4.78, 5) is 25.6. The Balaban J connectivity index is 2.75. The Morgan fingerprint density at radius 2 is 1.68 bits per heavy atom. The number of amides is 2. The summed E-state index contributed by atoms with van der Waals surface area (Å²) in [5.74, 6) is -0.00917. The van der Waals surface area contributed by atoms with Crippen LogP contribution in [0.25, 0.3) is 0 Å². The fourth-order valence-electron chi connectivity index (χ4n) is 2.31. The number of likely N-dealkylation sites (tertiary alicyclic amines) is 1. The minimum Gasteiger partial charge on any atom is -0.312 e. The quantitative estimate of drug-likeness (QED) is 0.779. The molecule has 4 nitrogen and oxygen atoms in total. The van der Waals surface area contributed by atoms with Gasteiger partial charge in [0.1, 0.15) is 0 Å². The topological polar surface area (TPSA) is 49.4 Å². The van der Waals surface area contributed by atoms with Crippen molar-refractivity contribution in [1.29, 1.82) is 0 Å². The minimum atomic E-state index is -0.00458. The second-order valence-corrected chi connectivity index (χ2v) is 6.48. The molecule has 1 aliphatic rings. The molecule has 2 amide bonds. The second-order valence-electron chi connectivity index (χ2n) is 6.48. The maximum Gasteiger partial charge on any atom is 0.229 e. The molecule has 0 aromatic rings. The summed E-state index contributed by atoms with van der Waals surface area (Å²) in [5.41, 5.74) is 0.0298. The van der Waals surface area contributed by atoms with Crippen molar-refractivity contribution in [3.63, 3.8) is 0 Å². The molecule has 0 aromatic heterocycles. The first-order valence-corrected chi connectivity index (χ1v) is 7.43. The van der Waals surface area contributed by atoms with Crippen molar-refractivity contribution in [1.82, 2.24) is 10.2 Å². The van der Waals surface area contributed by atoms with Gasteiger partial charge in [-0.1, -0.05) is 27.7 Å². The molecule has 0 bridgehead atoms. The molecular weight excluding hydrogens is 240 g/mol. The molecule has 19 heavy (non-hydrogen) atoms. The first kappa shape index (κ1) is 16.2. The van der Waals surface area contributed by atoms with Crippen LogP contribution in [0.15, 0.2) is 0 Å². The summed E-state index contributed by atoms with van der Waals surface area (Å²) in [6.07, 6.45) is 3.74. The molecule has 110 valence electrons. The Morgan fingerprint density at radius 1 is 1.16 bits per heavy atom. The lowest BCUT2D eigenvalue weighted by Gasteiger charge is -2.35. The van der Waals surface area contributed by atoms with Crippen LogP contribution in [0.5, 0.6) is 0 Å². The highest BCUT2D eigenvalue weighted by Crippen LogP contribution is 2.22. The molecule has 1 unspecified atom stereocenters. The van der Waals surface area contributed by atoms with E-state index in [4.69, 9.17) is 0 Å². The van der Waals surface area contributed by atoms with Gasteiger partial charge in [-0.3, -0.25) is 14.5 Å². The number of nitrogens with zero attached hydrogens (tertiary/aromatic N) is 1. The Hall–Kier alpha value is -0.900. The number of imide groups is 1. The third-order valence-corrected chi connectivity index (χ3v) is 3.68. The maximum atomic E-state index is 12.0. The lowest BCUT2D eigenvalue weighted by atomic mass is 9.86. The van der Waals surface area contributed by atoms with Gasteiger partial charge in [-0.05, 0) is 31.2 Å². The van der Waals surface area contributed by atoms with Crippen LogP contribution in [-0.4, -0.2) is 35.8 Å². The largest absolute Gasteiger partial charge is 0.312 e. The molecular formula is C15H28N2O2. The predicted molar refractivity (Wildman–Crippen MR) is 76.7 cm³/mol. The van der Waals surface area contributed by atoms with Crippen LogP contribution >= 0.6 is 0 Å². The van der Waals surface area contributed by atoms with Crippen molar-refractivity contribution in [2.24, 2.45) is 5.41 Å². The van der Waals surface area contributed by atoms with Gasteiger partial charge in [0, 0.05) is 25.4 Å². The molecule has 0 aliphatic carbocycles. The van der Waals surface area contributed by atoms with Crippen LogP contribution in [0.2, 0.25) is 0 Å². The van der Waals surface area contributed by atoms with Crippen molar-refractivity contribution < 1.29 is 9.59 Å². The standard InChI is InChI=1S/C15H28N2O2/c1-5-10-16-12(15(2,3)4)11-17-13(18)8-6-7-9-14(17)19/h12,16H,5-11H2,1-4H3. The monoisotopic (exact) mass is 268 g/mol. The highest BCUT2D eigenvalue weighted by molar-refractivity contribution is 5.96. The molecule has 4 heteroatoms. The van der Waals surface area contributed by atoms with E-state index in [1.807, 2.05) is 0 Å². The third-order valence-electron chi connectivity index (χ3n) is 3.68. The van der Waals surface area contributed by atoms with Crippen molar-refractivity contribution in [3.8, 4) is 0 Å². The Labute approximate surface area is 116 Å². The van der Waals surface area contributed by atoms with Crippen LogP contribution in [0.1, 0.15) is 59.8 Å². The summed E-state index contributed by atoms with van der Waals surface area (Å²) in [6, 6.07) is 0.151. The average Bonchev–Trinajstić information content (AvgIpc) is 2.46. The zero-order valence-electron chi connectivity index (χ0n) is 12.8. The molecule has 1 atom stereocenters. The second kappa shape index (κ2) is 7.04. The number of hydrogen-bond acceptors (Lipinski definition) is 3. The Bertz CT molecular complexity index is 303. The fourth-order valence-corrected chi connectivity index (χ4v) is 2.31. The van der Waals surface area contributed by atoms with Crippen LogP contribution < -0.4 is 5.32 Å². The van der Waals surface area contributed by atoms with Gasteiger partial charge in [-0.25, -0.2) is 0 Å². The van der Waals surface area contributed by atoms with Crippen LogP contribution in [0.4, 0.5) is 0 Å². The normalized spacial score (nSPS) is 19.5. The van der Waals surface area contributed by atoms with Gasteiger partial charge in [0.05, 0.1) is 0 Å². The summed E-state index contributed by atoms with van der Waals surface area (Å²) < 4.78 is 0. The number of carbonyl (C=O) groups is 2. The lowest BCUT2D eigenvalue weighted by molar-refractivity contribution is -0.144. The highest BCUT2D eigenvalue weighted by atomic mass is 16.2. The van der Waals surface area contributed by atoms with E-state index in [-0.39, 0.29) is 23.3 Å². The molecule has 1 N–H and O–H groups in total. The molecule has 1 heterocycles. The number of carbonyl (C=O) groups excluding carboxylic acids is 2. The third kappa shape index (κ3) is 4.94. The van der Waals surface area contributed by atoms with E-state index < -0.39 is 0 Å². The van der Waals surface area contributed by atoms with E-state index in [1.54, 1.807) is 0 Å². The number of nitrogens with one attached hydrogen (secondary N) is 1. The molecule has 1 saturated heterocycles. The summed E-state index contributed by atoms with van der Waals surface area (Å²) in [7, 11) is 0. The molecule has 0 radical (unpaired) electrons. The molecule has 1 rings (SSSR count). The van der Waals surface area contributed by atoms with E-state index in [0.29, 0.717) is 19.4 Å². The van der Waals surface area contributed by atoms with E-state index in [9.17, 15) is 9.59 Å². The Morgan fingerprint density at radius 3 is 2.11 bits per heavy atom. The molecule has 0 saturated carbocycles. The zero-order chi connectivity index (χ0) is 14.5. The van der Waals surface area contributed by atoms with Gasteiger partial charge in [0.25, 0.3) is 0 Å². The summed E-state index contributed by atoms with van der Waals surface area (Å²) >= 11 is 0. The maximum absolute atomic E-state index is 12.0. The summed E-state index contributed by atoms with van der Waals surface area (Å²) in [5, 5.41) is 3.47. The first-order valence-electron chi connectivity index (χ1n) is 7.43. The van der Waals surface area contributed by atoms with Gasteiger partial charge in [-0.2, -0.15) is 0 Å². The average molecular weight is 268 g/mol. The predicted octanol–water partition coefficient (Wildman–Crippen LogP) is 2.33. The van der Waals surface area contributed by atoms with Gasteiger partial charge < -0.3 is 5.32 Å². The summed E-state index contributed by atoms with van der Waals surface area (Å²) in [6.45, 7) is 9.97. The SMILES string of the molecule is CCCNC(CN1C(=O)CCCCC1=O)C(C)(C)C. The molecule has 1 aliphatic heterocycles. The van der Waals surface area contributed by atoms with Crippen LogP contribution in [-0.2, 0) is 9.59 Å². The van der Waals surface area contributed by atoms with Crippen molar-refractivity contribution in [2.75, 3.05) is 13.1 Å². The van der Waals surface area contributed by atoms with E-state index in [2.05, 4.69) is 33.0 Å².